The van der Waals surface area contributed by atoms with Crippen LogP contribution >= 0.6 is 15.9 Å². The first-order chi connectivity index (χ1) is 8.18. The molecule has 2 aromatic rings. The van der Waals surface area contributed by atoms with Crippen molar-refractivity contribution in [3.8, 4) is 0 Å². The topological polar surface area (TPSA) is 80.9 Å². The van der Waals surface area contributed by atoms with E-state index in [4.69, 9.17) is 5.73 Å². The Morgan fingerprint density at radius 2 is 1.94 bits per heavy atom. The molecule has 0 radical (unpaired) electrons. The van der Waals surface area contributed by atoms with Gasteiger partial charge in [-0.05, 0) is 34.1 Å². The van der Waals surface area contributed by atoms with Gasteiger partial charge in [-0.15, -0.1) is 0 Å². The van der Waals surface area contributed by atoms with Gasteiger partial charge in [-0.1, -0.05) is 6.07 Å². The summed E-state index contributed by atoms with van der Waals surface area (Å²) in [7, 11) is 0. The molecule has 0 spiro atoms. The zero-order chi connectivity index (χ0) is 12.3. The summed E-state index contributed by atoms with van der Waals surface area (Å²) in [4.78, 5) is 19.7. The molecule has 1 aromatic carbocycles. The van der Waals surface area contributed by atoms with Crippen LogP contribution in [0.25, 0.3) is 0 Å². The Bertz CT molecular complexity index is 544. The normalized spacial score (nSPS) is 9.94. The second-order valence-corrected chi connectivity index (χ2v) is 4.03. The van der Waals surface area contributed by atoms with E-state index in [1.165, 1.54) is 0 Å². The van der Waals surface area contributed by atoms with Gasteiger partial charge in [0.15, 0.2) is 0 Å². The molecular weight excluding hydrogens is 284 g/mol. The summed E-state index contributed by atoms with van der Waals surface area (Å²) in [5.74, 6) is -0.0535. The molecule has 1 aromatic heterocycles. The van der Waals surface area contributed by atoms with Gasteiger partial charge in [0.25, 0.3) is 5.91 Å². The van der Waals surface area contributed by atoms with Crippen molar-refractivity contribution in [2.75, 3.05) is 11.1 Å². The molecule has 0 saturated heterocycles. The van der Waals surface area contributed by atoms with Crippen LogP contribution in [0.4, 0.5) is 11.6 Å². The summed E-state index contributed by atoms with van der Waals surface area (Å²) < 4.78 is 0.563. The number of nitrogens with zero attached hydrogens (tertiary/aromatic N) is 2. The Hall–Kier alpha value is -1.95. The van der Waals surface area contributed by atoms with Gasteiger partial charge in [0.2, 0.25) is 5.95 Å². The Kier molecular flexibility index (Phi) is 3.34. The van der Waals surface area contributed by atoms with Crippen LogP contribution < -0.4 is 11.1 Å². The molecule has 6 heteroatoms. The number of hydrogen-bond donors (Lipinski definition) is 2. The van der Waals surface area contributed by atoms with Crippen LogP contribution in [0.2, 0.25) is 0 Å². The third kappa shape index (κ3) is 2.59. The lowest BCUT2D eigenvalue weighted by Crippen LogP contribution is -2.15. The number of carbonyl (C=O) groups is 1. The molecule has 5 nitrogen and oxygen atoms in total. The molecular formula is C11H9BrN4O. The highest BCUT2D eigenvalue weighted by Crippen LogP contribution is 2.24. The van der Waals surface area contributed by atoms with E-state index in [-0.39, 0.29) is 11.9 Å². The summed E-state index contributed by atoms with van der Waals surface area (Å²) in [5.41, 5.74) is 6.64. The van der Waals surface area contributed by atoms with E-state index in [1.54, 1.807) is 36.7 Å². The fraction of sp³-hybridized carbons (Fsp3) is 0. The van der Waals surface area contributed by atoms with Gasteiger partial charge in [0, 0.05) is 18.1 Å². The highest BCUT2D eigenvalue weighted by molar-refractivity contribution is 9.10. The van der Waals surface area contributed by atoms with Crippen LogP contribution in [-0.4, -0.2) is 15.9 Å². The smallest absolute Gasteiger partial charge is 0.259 e. The molecule has 0 unspecified atom stereocenters. The van der Waals surface area contributed by atoms with Crippen LogP contribution in [0.5, 0.6) is 0 Å². The Balaban J connectivity index is 2.24. The molecule has 0 bridgehead atoms. The summed E-state index contributed by atoms with van der Waals surface area (Å²) >= 11 is 3.27. The SMILES string of the molecule is Nc1cccc(C(=O)Nc2ncccn2)c1Br. The highest BCUT2D eigenvalue weighted by Gasteiger charge is 2.12. The quantitative estimate of drug-likeness (QED) is 0.831. The molecule has 1 amide bonds. The van der Waals surface area contributed by atoms with E-state index in [2.05, 4.69) is 31.2 Å². The number of amides is 1. The van der Waals surface area contributed by atoms with Crippen LogP contribution in [-0.2, 0) is 0 Å². The van der Waals surface area contributed by atoms with Gasteiger partial charge in [0.1, 0.15) is 0 Å². The molecule has 86 valence electrons. The van der Waals surface area contributed by atoms with Crippen molar-refractivity contribution in [3.05, 3.63) is 46.7 Å². The molecule has 0 saturated carbocycles. The molecule has 0 aliphatic carbocycles. The first-order valence-corrected chi connectivity index (χ1v) is 5.60. The number of anilines is 2. The molecule has 2 rings (SSSR count). The van der Waals surface area contributed by atoms with Gasteiger partial charge >= 0.3 is 0 Å². The van der Waals surface area contributed by atoms with Crippen molar-refractivity contribution < 1.29 is 4.79 Å². The van der Waals surface area contributed by atoms with Gasteiger partial charge in [-0.3, -0.25) is 10.1 Å². The number of nitrogens with two attached hydrogens (primary N) is 1. The van der Waals surface area contributed by atoms with E-state index in [1.807, 2.05) is 0 Å². The predicted molar refractivity (Wildman–Crippen MR) is 68.5 cm³/mol. The molecule has 0 aliphatic rings. The number of carbonyl (C=O) groups excluding carboxylic acids is 1. The van der Waals surface area contributed by atoms with Gasteiger partial charge in [-0.25, -0.2) is 9.97 Å². The average Bonchev–Trinajstić information content (AvgIpc) is 2.34. The summed E-state index contributed by atoms with van der Waals surface area (Å²) in [6, 6.07) is 6.76. The largest absolute Gasteiger partial charge is 0.398 e. The predicted octanol–water partition coefficient (Wildman–Crippen LogP) is 2.07. The van der Waals surface area contributed by atoms with Gasteiger partial charge < -0.3 is 5.73 Å². The maximum atomic E-state index is 11.9. The fourth-order valence-electron chi connectivity index (χ4n) is 1.26. The third-order valence-corrected chi connectivity index (χ3v) is 2.95. The monoisotopic (exact) mass is 292 g/mol. The third-order valence-electron chi connectivity index (χ3n) is 2.06. The van der Waals surface area contributed by atoms with Crippen molar-refractivity contribution in [1.82, 2.24) is 9.97 Å². The number of benzene rings is 1. The lowest BCUT2D eigenvalue weighted by Gasteiger charge is -2.06. The summed E-state index contributed by atoms with van der Waals surface area (Å²) in [5, 5.41) is 2.58. The Morgan fingerprint density at radius 1 is 1.24 bits per heavy atom. The number of rotatable bonds is 2. The molecule has 0 aliphatic heterocycles. The molecule has 1 heterocycles. The zero-order valence-corrected chi connectivity index (χ0v) is 10.3. The summed E-state index contributed by atoms with van der Waals surface area (Å²) in [6.45, 7) is 0. The first-order valence-electron chi connectivity index (χ1n) is 4.81. The van der Waals surface area contributed by atoms with E-state index < -0.39 is 0 Å². The number of hydrogen-bond acceptors (Lipinski definition) is 4. The van der Waals surface area contributed by atoms with Crippen molar-refractivity contribution in [2.24, 2.45) is 0 Å². The second-order valence-electron chi connectivity index (χ2n) is 3.24. The van der Waals surface area contributed by atoms with Crippen molar-refractivity contribution >= 4 is 33.5 Å². The number of aromatic nitrogens is 2. The minimum absolute atomic E-state index is 0.256. The zero-order valence-electron chi connectivity index (χ0n) is 8.72. The number of nitrogen functional groups attached to an aromatic ring is 1. The maximum absolute atomic E-state index is 11.9. The lowest BCUT2D eigenvalue weighted by atomic mass is 10.2. The lowest BCUT2D eigenvalue weighted by molar-refractivity contribution is 0.102. The van der Waals surface area contributed by atoms with E-state index >= 15 is 0 Å². The minimum Gasteiger partial charge on any atom is -0.398 e. The fourth-order valence-corrected chi connectivity index (χ4v) is 1.70. The average molecular weight is 293 g/mol. The molecule has 0 atom stereocenters. The second kappa shape index (κ2) is 4.92. The first kappa shape index (κ1) is 11.5. The van der Waals surface area contributed by atoms with E-state index in [0.717, 1.165) is 0 Å². The van der Waals surface area contributed by atoms with Crippen LogP contribution in [0, 0.1) is 0 Å². The van der Waals surface area contributed by atoms with Gasteiger partial charge in [-0.2, -0.15) is 0 Å². The maximum Gasteiger partial charge on any atom is 0.259 e. The van der Waals surface area contributed by atoms with Crippen LogP contribution in [0.15, 0.2) is 41.1 Å². The number of halogens is 1. The van der Waals surface area contributed by atoms with Crippen molar-refractivity contribution in [1.29, 1.82) is 0 Å². The van der Waals surface area contributed by atoms with Crippen molar-refractivity contribution in [3.63, 3.8) is 0 Å². The minimum atomic E-state index is -0.310. The molecule has 3 N–H and O–H groups in total. The van der Waals surface area contributed by atoms with Gasteiger partial charge in [0.05, 0.1) is 10.0 Å². The van der Waals surface area contributed by atoms with E-state index in [0.29, 0.717) is 15.7 Å². The summed E-state index contributed by atoms with van der Waals surface area (Å²) in [6.07, 6.45) is 3.11. The molecule has 17 heavy (non-hydrogen) atoms. The van der Waals surface area contributed by atoms with E-state index in [9.17, 15) is 4.79 Å². The number of nitrogens with one attached hydrogen (secondary N) is 1. The molecule has 0 fully saturated rings. The van der Waals surface area contributed by atoms with Crippen LogP contribution in [0.3, 0.4) is 0 Å². The Morgan fingerprint density at radius 3 is 2.65 bits per heavy atom. The highest BCUT2D eigenvalue weighted by atomic mass is 79.9. The van der Waals surface area contributed by atoms with Crippen LogP contribution in [0.1, 0.15) is 10.4 Å². The standard InChI is InChI=1S/C11H9BrN4O/c12-9-7(3-1-4-8(9)13)10(17)16-11-14-5-2-6-15-11/h1-6H,13H2,(H,14,15,16,17). The Labute approximate surface area is 106 Å². The van der Waals surface area contributed by atoms with Crippen molar-refractivity contribution in [2.45, 2.75) is 0 Å².